The highest BCUT2D eigenvalue weighted by Gasteiger charge is 2.31. The van der Waals surface area contributed by atoms with Crippen molar-refractivity contribution in [2.45, 2.75) is 19.0 Å². The van der Waals surface area contributed by atoms with Gasteiger partial charge in [0.1, 0.15) is 12.0 Å². The fraction of sp³-hybridized carbons (Fsp3) is 0.250. The van der Waals surface area contributed by atoms with Gasteiger partial charge in [0.2, 0.25) is 0 Å². The second-order valence-corrected chi connectivity index (χ2v) is 8.76. The van der Waals surface area contributed by atoms with E-state index in [9.17, 15) is 18.4 Å². The lowest BCUT2D eigenvalue weighted by molar-refractivity contribution is -0.127. The van der Waals surface area contributed by atoms with Gasteiger partial charge in [-0.05, 0) is 36.3 Å². The summed E-state index contributed by atoms with van der Waals surface area (Å²) in [6.45, 7) is 1.36. The number of carbonyl (C=O) groups is 2. The molecule has 0 radical (unpaired) electrons. The van der Waals surface area contributed by atoms with Gasteiger partial charge in [-0.2, -0.15) is 0 Å². The van der Waals surface area contributed by atoms with Crippen molar-refractivity contribution in [1.82, 2.24) is 14.8 Å². The lowest BCUT2D eigenvalue weighted by Crippen LogP contribution is -2.39. The minimum atomic E-state index is -1.64. The molecule has 2 aromatic carbocycles. The van der Waals surface area contributed by atoms with Crippen molar-refractivity contribution in [3.8, 4) is 11.1 Å². The van der Waals surface area contributed by atoms with Gasteiger partial charge in [0, 0.05) is 55.3 Å². The summed E-state index contributed by atoms with van der Waals surface area (Å²) in [7, 11) is 0. The fourth-order valence-corrected chi connectivity index (χ4v) is 4.69. The van der Waals surface area contributed by atoms with Crippen LogP contribution in [0.15, 0.2) is 84.3 Å². The predicted molar refractivity (Wildman–Crippen MR) is 131 cm³/mol. The Kier molecular flexibility index (Phi) is 6.40. The molecule has 1 aromatic heterocycles. The van der Waals surface area contributed by atoms with Crippen LogP contribution in [-0.2, 0) is 4.79 Å². The van der Waals surface area contributed by atoms with Crippen LogP contribution in [0.5, 0.6) is 0 Å². The average molecular weight is 474 g/mol. The summed E-state index contributed by atoms with van der Waals surface area (Å²) in [5, 5.41) is 1.05. The van der Waals surface area contributed by atoms with E-state index in [2.05, 4.69) is 4.98 Å². The topological polar surface area (TPSA) is 53.5 Å². The number of hydrogen-bond donors (Lipinski definition) is 0. The SMILES string of the molecule is O=C(C1=C(F)C=CCC1F)N1CCCN(C(=O)c2ccc(-c3cccc4cccnc34)cc2)CC1. The molecule has 1 aliphatic heterocycles. The highest BCUT2D eigenvalue weighted by atomic mass is 19.1. The number of fused-ring (bicyclic) bond motifs is 1. The average Bonchev–Trinajstić information content (AvgIpc) is 3.14. The van der Waals surface area contributed by atoms with Gasteiger partial charge in [-0.1, -0.05) is 42.5 Å². The second kappa shape index (κ2) is 9.78. The van der Waals surface area contributed by atoms with Crippen LogP contribution in [0.25, 0.3) is 22.0 Å². The molecule has 178 valence electrons. The van der Waals surface area contributed by atoms with E-state index in [0.29, 0.717) is 31.6 Å². The lowest BCUT2D eigenvalue weighted by atomic mass is 10.0. The van der Waals surface area contributed by atoms with Gasteiger partial charge in [0.25, 0.3) is 11.8 Å². The maximum atomic E-state index is 14.2. The van der Waals surface area contributed by atoms with Gasteiger partial charge in [-0.3, -0.25) is 14.6 Å². The molecule has 1 aliphatic carbocycles. The maximum Gasteiger partial charge on any atom is 0.255 e. The van der Waals surface area contributed by atoms with Crippen LogP contribution >= 0.6 is 0 Å². The van der Waals surface area contributed by atoms with Crippen molar-refractivity contribution < 1.29 is 18.4 Å². The van der Waals surface area contributed by atoms with Crippen molar-refractivity contribution in [2.75, 3.05) is 26.2 Å². The predicted octanol–water partition coefficient (Wildman–Crippen LogP) is 5.10. The Bertz CT molecular complexity index is 1330. The summed E-state index contributed by atoms with van der Waals surface area (Å²) >= 11 is 0. The number of aromatic nitrogens is 1. The Balaban J connectivity index is 1.29. The summed E-state index contributed by atoms with van der Waals surface area (Å²) < 4.78 is 28.3. The molecule has 2 aliphatic rings. The van der Waals surface area contributed by atoms with Crippen LogP contribution in [0.2, 0.25) is 0 Å². The van der Waals surface area contributed by atoms with Crippen molar-refractivity contribution >= 4 is 22.7 Å². The van der Waals surface area contributed by atoms with Crippen LogP contribution in [0.4, 0.5) is 8.78 Å². The van der Waals surface area contributed by atoms with E-state index in [-0.39, 0.29) is 18.9 Å². The highest BCUT2D eigenvalue weighted by Crippen LogP contribution is 2.28. The molecule has 1 unspecified atom stereocenters. The smallest absolute Gasteiger partial charge is 0.255 e. The van der Waals surface area contributed by atoms with Gasteiger partial charge in [-0.15, -0.1) is 0 Å². The zero-order valence-corrected chi connectivity index (χ0v) is 19.2. The molecule has 7 heteroatoms. The fourth-order valence-electron chi connectivity index (χ4n) is 4.69. The van der Waals surface area contributed by atoms with Gasteiger partial charge in [0.05, 0.1) is 11.1 Å². The van der Waals surface area contributed by atoms with E-state index in [4.69, 9.17) is 0 Å². The molecule has 3 aromatic rings. The maximum absolute atomic E-state index is 14.2. The number of nitrogens with zero attached hydrogens (tertiary/aromatic N) is 3. The molecule has 35 heavy (non-hydrogen) atoms. The van der Waals surface area contributed by atoms with Crippen LogP contribution in [0.3, 0.4) is 0 Å². The van der Waals surface area contributed by atoms with Gasteiger partial charge >= 0.3 is 0 Å². The van der Waals surface area contributed by atoms with Crippen LogP contribution in [-0.4, -0.2) is 58.9 Å². The number of halogens is 2. The number of para-hydroxylation sites is 1. The van der Waals surface area contributed by atoms with Crippen LogP contribution in [0.1, 0.15) is 23.2 Å². The number of rotatable bonds is 3. The van der Waals surface area contributed by atoms with E-state index < -0.39 is 23.5 Å². The number of amides is 2. The molecule has 1 atom stereocenters. The van der Waals surface area contributed by atoms with E-state index in [1.807, 2.05) is 42.5 Å². The third-order valence-electron chi connectivity index (χ3n) is 6.55. The molecule has 5 nitrogen and oxygen atoms in total. The Labute approximate surface area is 202 Å². The van der Waals surface area contributed by atoms with Crippen LogP contribution < -0.4 is 0 Å². The summed E-state index contributed by atoms with van der Waals surface area (Å²) in [5.74, 6) is -1.56. The summed E-state index contributed by atoms with van der Waals surface area (Å²) in [4.78, 5) is 33.6. The zero-order valence-electron chi connectivity index (χ0n) is 19.2. The summed E-state index contributed by atoms with van der Waals surface area (Å²) in [5.41, 5.74) is 3.01. The van der Waals surface area contributed by atoms with Gasteiger partial charge < -0.3 is 9.80 Å². The standard InChI is InChI=1S/C28H25F2N3O2/c29-23-8-2-9-24(30)25(23)28(35)33-16-4-15-32(17-18-33)27(34)21-12-10-19(11-13-21)22-7-1-5-20-6-3-14-31-26(20)22/h1-3,5-8,10-14,24H,4,9,15-18H2. The third kappa shape index (κ3) is 4.58. The lowest BCUT2D eigenvalue weighted by Gasteiger charge is -2.25. The van der Waals surface area contributed by atoms with Gasteiger partial charge in [-0.25, -0.2) is 8.78 Å². The first kappa shape index (κ1) is 22.9. The molecule has 0 bridgehead atoms. The van der Waals surface area contributed by atoms with Gasteiger partial charge in [0.15, 0.2) is 0 Å². The number of benzene rings is 2. The normalized spacial score (nSPS) is 18.6. The molecule has 1 saturated heterocycles. The van der Waals surface area contributed by atoms with E-state index in [0.717, 1.165) is 28.1 Å². The summed E-state index contributed by atoms with van der Waals surface area (Å²) in [6.07, 6.45) is 3.21. The number of hydrogen-bond acceptors (Lipinski definition) is 3. The first-order valence-corrected chi connectivity index (χ1v) is 11.8. The highest BCUT2D eigenvalue weighted by molar-refractivity contribution is 5.97. The number of allylic oxidation sites excluding steroid dienone is 3. The molecule has 1 fully saturated rings. The summed E-state index contributed by atoms with van der Waals surface area (Å²) in [6, 6.07) is 17.4. The van der Waals surface area contributed by atoms with E-state index in [1.165, 1.54) is 11.0 Å². The van der Waals surface area contributed by atoms with Crippen LogP contribution in [0, 0.1) is 0 Å². The minimum Gasteiger partial charge on any atom is -0.337 e. The molecule has 5 rings (SSSR count). The molecular weight excluding hydrogens is 448 g/mol. The number of pyridine rings is 1. The Morgan fingerprint density at radius 1 is 0.886 bits per heavy atom. The monoisotopic (exact) mass is 473 g/mol. The largest absolute Gasteiger partial charge is 0.337 e. The quantitative estimate of drug-likeness (QED) is 0.532. The third-order valence-corrected chi connectivity index (χ3v) is 6.55. The first-order chi connectivity index (χ1) is 17.0. The van der Waals surface area contributed by atoms with Crippen molar-refractivity contribution in [3.63, 3.8) is 0 Å². The Hall–Kier alpha value is -3.87. The number of alkyl halides is 1. The van der Waals surface area contributed by atoms with Crippen molar-refractivity contribution in [3.05, 3.63) is 89.9 Å². The van der Waals surface area contributed by atoms with Crippen molar-refractivity contribution in [2.24, 2.45) is 0 Å². The molecule has 2 amide bonds. The second-order valence-electron chi connectivity index (χ2n) is 8.76. The van der Waals surface area contributed by atoms with Crippen molar-refractivity contribution in [1.29, 1.82) is 0 Å². The first-order valence-electron chi connectivity index (χ1n) is 11.8. The Morgan fingerprint density at radius 3 is 2.34 bits per heavy atom. The number of carbonyl (C=O) groups excluding carboxylic acids is 2. The molecule has 0 saturated carbocycles. The molecular formula is C28H25F2N3O2. The minimum absolute atomic E-state index is 0.00221. The zero-order chi connectivity index (χ0) is 24.4. The van der Waals surface area contributed by atoms with E-state index >= 15 is 0 Å². The Morgan fingerprint density at radius 2 is 1.60 bits per heavy atom. The molecule has 2 heterocycles. The van der Waals surface area contributed by atoms with E-state index in [1.54, 1.807) is 23.2 Å². The molecule has 0 spiro atoms. The molecule has 0 N–H and O–H groups in total.